The largest absolute Gasteiger partial charge is 0.311 e. The lowest BCUT2D eigenvalue weighted by molar-refractivity contribution is 0.673. The number of aromatic nitrogens is 3. The maximum atomic E-state index is 4.36. The molecule has 0 aliphatic carbocycles. The van der Waals surface area contributed by atoms with Crippen molar-refractivity contribution >= 4 is 15.9 Å². The van der Waals surface area contributed by atoms with Crippen LogP contribution in [0.5, 0.6) is 0 Å². The highest BCUT2D eigenvalue weighted by atomic mass is 79.9. The number of halogens is 1. The number of nitrogens with zero attached hydrogens (tertiary/aromatic N) is 3. The predicted octanol–water partition coefficient (Wildman–Crippen LogP) is 1.91. The zero-order valence-electron chi connectivity index (χ0n) is 9.73. The molecule has 2 aromatic rings. The summed E-state index contributed by atoms with van der Waals surface area (Å²) in [6.07, 6.45) is 4.93. The number of hydrogen-bond donors (Lipinski definition) is 1. The van der Waals surface area contributed by atoms with Crippen LogP contribution in [0.15, 0.2) is 35.2 Å². The van der Waals surface area contributed by atoms with Gasteiger partial charge in [-0.25, -0.2) is 4.98 Å². The lowest BCUT2D eigenvalue weighted by Crippen LogP contribution is -2.17. The van der Waals surface area contributed by atoms with Gasteiger partial charge in [-0.15, -0.1) is 0 Å². The molecular formula is C12H15BrN4. The van der Waals surface area contributed by atoms with E-state index < -0.39 is 0 Å². The van der Waals surface area contributed by atoms with Crippen molar-refractivity contribution in [3.63, 3.8) is 0 Å². The summed E-state index contributed by atoms with van der Waals surface area (Å²) in [6.45, 7) is 1.72. The normalized spacial score (nSPS) is 10.7. The molecule has 17 heavy (non-hydrogen) atoms. The van der Waals surface area contributed by atoms with Crippen molar-refractivity contribution in [1.29, 1.82) is 0 Å². The van der Waals surface area contributed by atoms with Crippen molar-refractivity contribution in [2.45, 2.75) is 13.0 Å². The van der Waals surface area contributed by atoms with Crippen LogP contribution in [-0.2, 0) is 20.0 Å². The summed E-state index contributed by atoms with van der Waals surface area (Å²) in [5, 5.41) is 7.50. The van der Waals surface area contributed by atoms with Gasteiger partial charge in [0, 0.05) is 19.8 Å². The summed E-state index contributed by atoms with van der Waals surface area (Å²) in [4.78, 5) is 4.36. The third kappa shape index (κ3) is 3.94. The molecule has 2 aromatic heterocycles. The highest BCUT2D eigenvalue weighted by molar-refractivity contribution is 9.10. The second-order valence-electron chi connectivity index (χ2n) is 3.90. The molecule has 2 rings (SSSR count). The molecule has 0 aliphatic rings. The van der Waals surface area contributed by atoms with Crippen LogP contribution in [0.3, 0.4) is 0 Å². The molecule has 1 N–H and O–H groups in total. The Kier molecular flexibility index (Phi) is 4.28. The van der Waals surface area contributed by atoms with Gasteiger partial charge in [-0.2, -0.15) is 5.10 Å². The number of hydrogen-bond acceptors (Lipinski definition) is 3. The van der Waals surface area contributed by atoms with Gasteiger partial charge in [-0.3, -0.25) is 4.68 Å². The van der Waals surface area contributed by atoms with Gasteiger partial charge in [-0.05, 0) is 46.6 Å². The number of rotatable bonds is 5. The number of nitrogens with one attached hydrogen (secondary N) is 1. The van der Waals surface area contributed by atoms with Crippen molar-refractivity contribution in [2.75, 3.05) is 6.54 Å². The zero-order chi connectivity index (χ0) is 12.1. The van der Waals surface area contributed by atoms with E-state index in [2.05, 4.69) is 31.3 Å². The molecule has 0 aromatic carbocycles. The fourth-order valence-electron chi connectivity index (χ4n) is 1.60. The zero-order valence-corrected chi connectivity index (χ0v) is 11.3. The summed E-state index contributed by atoms with van der Waals surface area (Å²) in [6, 6.07) is 5.94. The first-order valence-electron chi connectivity index (χ1n) is 5.54. The second kappa shape index (κ2) is 5.93. The van der Waals surface area contributed by atoms with Crippen LogP contribution < -0.4 is 5.32 Å². The first-order chi connectivity index (χ1) is 8.24. The molecule has 0 spiro atoms. The highest BCUT2D eigenvalue weighted by Gasteiger charge is 1.97. The molecule has 0 saturated heterocycles. The van der Waals surface area contributed by atoms with Gasteiger partial charge in [0.15, 0.2) is 0 Å². The number of aryl methyl sites for hydroxylation is 1. The topological polar surface area (TPSA) is 42.7 Å². The van der Waals surface area contributed by atoms with Gasteiger partial charge in [-0.1, -0.05) is 6.07 Å². The fraction of sp³-hybridized carbons (Fsp3) is 0.333. The van der Waals surface area contributed by atoms with Crippen molar-refractivity contribution < 1.29 is 0 Å². The lowest BCUT2D eigenvalue weighted by atomic mass is 10.2. The quantitative estimate of drug-likeness (QED) is 0.677. The van der Waals surface area contributed by atoms with E-state index in [1.54, 1.807) is 0 Å². The van der Waals surface area contributed by atoms with Crippen LogP contribution in [0.2, 0.25) is 0 Å². The fourth-order valence-corrected chi connectivity index (χ4v) is 1.98. The summed E-state index contributed by atoms with van der Waals surface area (Å²) in [7, 11) is 1.93. The average Bonchev–Trinajstić information content (AvgIpc) is 2.71. The minimum atomic E-state index is 0.791. The van der Waals surface area contributed by atoms with Crippen LogP contribution in [0.4, 0.5) is 0 Å². The predicted molar refractivity (Wildman–Crippen MR) is 70.6 cm³/mol. The summed E-state index contributed by atoms with van der Waals surface area (Å²) in [5.74, 6) is 0. The Labute approximate surface area is 109 Å². The van der Waals surface area contributed by atoms with Crippen LogP contribution in [-0.4, -0.2) is 21.3 Å². The molecule has 5 heteroatoms. The summed E-state index contributed by atoms with van der Waals surface area (Å²) < 4.78 is 2.70. The van der Waals surface area contributed by atoms with Crippen molar-refractivity contribution in [3.05, 3.63) is 46.5 Å². The van der Waals surface area contributed by atoms with Crippen LogP contribution in [0, 0.1) is 0 Å². The summed E-state index contributed by atoms with van der Waals surface area (Å²) >= 11 is 3.36. The third-order valence-corrected chi connectivity index (χ3v) is 2.87. The van der Waals surface area contributed by atoms with E-state index in [4.69, 9.17) is 0 Å². The Hall–Kier alpha value is -1.20. The smallest absolute Gasteiger partial charge is 0.106 e. The first-order valence-corrected chi connectivity index (χ1v) is 6.33. The SMILES string of the molecule is Cn1cc(CCNCc2cccc(Br)n2)cn1. The van der Waals surface area contributed by atoms with Crippen LogP contribution in [0.25, 0.3) is 0 Å². The molecule has 0 amide bonds. The molecule has 0 unspecified atom stereocenters. The molecule has 0 aliphatic heterocycles. The van der Waals surface area contributed by atoms with E-state index in [1.165, 1.54) is 5.56 Å². The highest BCUT2D eigenvalue weighted by Crippen LogP contribution is 2.05. The minimum absolute atomic E-state index is 0.791. The van der Waals surface area contributed by atoms with Crippen LogP contribution >= 0.6 is 15.9 Å². The second-order valence-corrected chi connectivity index (χ2v) is 4.71. The molecule has 0 saturated carbocycles. The van der Waals surface area contributed by atoms with Crippen molar-refractivity contribution in [1.82, 2.24) is 20.1 Å². The Balaban J connectivity index is 1.73. The van der Waals surface area contributed by atoms with Gasteiger partial charge < -0.3 is 5.32 Å². The molecule has 4 nitrogen and oxygen atoms in total. The minimum Gasteiger partial charge on any atom is -0.311 e. The standard InChI is InChI=1S/C12H15BrN4/c1-17-9-10(7-15-17)5-6-14-8-11-3-2-4-12(13)16-11/h2-4,7,9,14H,5-6,8H2,1H3. The Bertz CT molecular complexity index is 481. The van der Waals surface area contributed by atoms with Crippen molar-refractivity contribution in [2.24, 2.45) is 7.05 Å². The van der Waals surface area contributed by atoms with E-state index in [1.807, 2.05) is 42.3 Å². The molecule has 90 valence electrons. The monoisotopic (exact) mass is 294 g/mol. The maximum Gasteiger partial charge on any atom is 0.106 e. The van der Waals surface area contributed by atoms with E-state index >= 15 is 0 Å². The van der Waals surface area contributed by atoms with Gasteiger partial charge in [0.2, 0.25) is 0 Å². The lowest BCUT2D eigenvalue weighted by Gasteiger charge is -2.03. The van der Waals surface area contributed by atoms with Gasteiger partial charge in [0.1, 0.15) is 4.60 Å². The van der Waals surface area contributed by atoms with Gasteiger partial charge in [0.25, 0.3) is 0 Å². The van der Waals surface area contributed by atoms with E-state index in [9.17, 15) is 0 Å². The molecule has 0 fully saturated rings. The Morgan fingerprint density at radius 2 is 2.29 bits per heavy atom. The van der Waals surface area contributed by atoms with Crippen LogP contribution in [0.1, 0.15) is 11.3 Å². The maximum absolute atomic E-state index is 4.36. The molecule has 0 atom stereocenters. The molecule has 2 heterocycles. The van der Waals surface area contributed by atoms with E-state index in [0.29, 0.717) is 0 Å². The van der Waals surface area contributed by atoms with Gasteiger partial charge >= 0.3 is 0 Å². The Morgan fingerprint density at radius 1 is 1.41 bits per heavy atom. The summed E-state index contributed by atoms with van der Waals surface area (Å²) in [5.41, 5.74) is 2.30. The van der Waals surface area contributed by atoms with Crippen molar-refractivity contribution in [3.8, 4) is 0 Å². The molecular weight excluding hydrogens is 280 g/mol. The molecule has 0 bridgehead atoms. The molecule has 0 radical (unpaired) electrons. The van der Waals surface area contributed by atoms with E-state index in [-0.39, 0.29) is 0 Å². The van der Waals surface area contributed by atoms with Gasteiger partial charge in [0.05, 0.1) is 11.9 Å². The van der Waals surface area contributed by atoms with E-state index in [0.717, 1.165) is 29.8 Å². The first kappa shape index (κ1) is 12.3. The number of pyridine rings is 1. The average molecular weight is 295 g/mol. The third-order valence-electron chi connectivity index (χ3n) is 2.43. The Morgan fingerprint density at radius 3 is 3.00 bits per heavy atom.